The minimum Gasteiger partial charge on any atom is -0.117 e. The Morgan fingerprint density at radius 1 is 0.636 bits per heavy atom. The summed E-state index contributed by atoms with van der Waals surface area (Å²) in [6.45, 7) is 9.84. The van der Waals surface area contributed by atoms with Crippen LogP contribution in [0.25, 0.3) is 0 Å². The Kier molecular flexibility index (Phi) is 5.12. The zero-order valence-corrected chi connectivity index (χ0v) is 21.7. The highest BCUT2D eigenvalue weighted by Gasteiger charge is 2.59. The van der Waals surface area contributed by atoms with Gasteiger partial charge in [0, 0.05) is 11.8 Å². The lowest BCUT2D eigenvalue weighted by atomic mass is 9.72. The van der Waals surface area contributed by atoms with E-state index in [9.17, 15) is 0 Å². The van der Waals surface area contributed by atoms with E-state index < -0.39 is 0 Å². The van der Waals surface area contributed by atoms with Crippen LogP contribution >= 0.6 is 23.5 Å². The summed E-state index contributed by atoms with van der Waals surface area (Å²) in [5.41, 5.74) is 9.42. The Bertz CT molecular complexity index is 1130. The van der Waals surface area contributed by atoms with Gasteiger partial charge in [0.25, 0.3) is 0 Å². The summed E-state index contributed by atoms with van der Waals surface area (Å²) in [5.74, 6) is 0.872. The zero-order chi connectivity index (χ0) is 22.8. The van der Waals surface area contributed by atoms with Crippen LogP contribution in [0.1, 0.15) is 69.9 Å². The highest BCUT2D eigenvalue weighted by Crippen LogP contribution is 2.70. The zero-order valence-electron chi connectivity index (χ0n) is 20.0. The van der Waals surface area contributed by atoms with Crippen molar-refractivity contribution in [3.63, 3.8) is 0 Å². The van der Waals surface area contributed by atoms with Crippen molar-refractivity contribution in [1.29, 1.82) is 0 Å². The normalized spacial score (nSPS) is 29.9. The maximum absolute atomic E-state index is 2.59. The van der Waals surface area contributed by atoms with Crippen LogP contribution in [0.5, 0.6) is 0 Å². The molecule has 0 amide bonds. The van der Waals surface area contributed by atoms with Gasteiger partial charge in [-0.05, 0) is 88.5 Å². The van der Waals surface area contributed by atoms with E-state index in [4.69, 9.17) is 0 Å². The molecule has 2 aliphatic heterocycles. The monoisotopic (exact) mass is 468 g/mol. The van der Waals surface area contributed by atoms with Crippen LogP contribution in [0.4, 0.5) is 0 Å². The second kappa shape index (κ2) is 7.82. The van der Waals surface area contributed by atoms with Gasteiger partial charge in [0.15, 0.2) is 0 Å². The van der Waals surface area contributed by atoms with Crippen LogP contribution in [0, 0.1) is 0 Å². The molecule has 6 rings (SSSR count). The average molecular weight is 469 g/mol. The number of thioether (sulfide) groups is 2. The van der Waals surface area contributed by atoms with Crippen LogP contribution in [0.15, 0.2) is 105 Å². The van der Waals surface area contributed by atoms with E-state index in [0.717, 1.165) is 0 Å². The maximum atomic E-state index is 2.59. The Morgan fingerprint density at radius 2 is 1.03 bits per heavy atom. The molecular formula is C31H32S2. The number of hydrogen-bond donors (Lipinski definition) is 0. The lowest BCUT2D eigenvalue weighted by molar-refractivity contribution is 0.607. The Hall–Kier alpha value is -1.90. The molecule has 0 radical (unpaired) electrons. The van der Waals surface area contributed by atoms with Gasteiger partial charge in [0.2, 0.25) is 0 Å². The predicted octanol–water partition coefficient (Wildman–Crippen LogP) is 9.16. The number of rotatable bonds is 4. The van der Waals surface area contributed by atoms with Gasteiger partial charge in [-0.25, -0.2) is 0 Å². The topological polar surface area (TPSA) is 0 Å². The molecule has 4 aliphatic rings. The van der Waals surface area contributed by atoms with Crippen LogP contribution in [-0.2, 0) is 0 Å². The molecule has 2 heteroatoms. The van der Waals surface area contributed by atoms with Crippen molar-refractivity contribution in [2.75, 3.05) is 0 Å². The molecule has 2 aliphatic carbocycles. The van der Waals surface area contributed by atoms with Gasteiger partial charge in [-0.15, -0.1) is 23.5 Å². The van der Waals surface area contributed by atoms with Crippen molar-refractivity contribution in [2.24, 2.45) is 0 Å². The number of fused-ring (bicyclic) bond motifs is 4. The van der Waals surface area contributed by atoms with Gasteiger partial charge in [-0.3, -0.25) is 0 Å². The number of hydrogen-bond acceptors (Lipinski definition) is 2. The molecule has 2 aromatic rings. The molecule has 0 N–H and O–H groups in total. The molecule has 0 nitrogen and oxygen atoms in total. The third-order valence-electron chi connectivity index (χ3n) is 8.48. The Morgan fingerprint density at radius 3 is 1.42 bits per heavy atom. The van der Waals surface area contributed by atoms with Gasteiger partial charge in [-0.2, -0.15) is 0 Å². The molecule has 4 atom stereocenters. The minimum atomic E-state index is 0.0726. The van der Waals surface area contributed by atoms with E-state index in [2.05, 4.69) is 124 Å². The van der Waals surface area contributed by atoms with E-state index in [1.165, 1.54) is 40.2 Å². The molecule has 0 bridgehead atoms. The van der Waals surface area contributed by atoms with Crippen LogP contribution < -0.4 is 0 Å². The molecule has 1 saturated carbocycles. The summed E-state index contributed by atoms with van der Waals surface area (Å²) in [4.78, 5) is 3.06. The number of allylic oxidation sites excluding steroid dienone is 6. The lowest BCUT2D eigenvalue weighted by Crippen LogP contribution is -2.47. The molecule has 0 saturated heterocycles. The van der Waals surface area contributed by atoms with Crippen molar-refractivity contribution < 1.29 is 0 Å². The molecular weight excluding hydrogens is 436 g/mol. The molecule has 2 heterocycles. The number of benzene rings is 2. The van der Waals surface area contributed by atoms with Crippen molar-refractivity contribution in [3.05, 3.63) is 116 Å². The van der Waals surface area contributed by atoms with Gasteiger partial charge in [-0.1, -0.05) is 74.5 Å². The predicted molar refractivity (Wildman–Crippen MR) is 146 cm³/mol. The van der Waals surface area contributed by atoms with E-state index in [1.807, 2.05) is 0 Å². The lowest BCUT2D eigenvalue weighted by Gasteiger charge is -2.47. The second-order valence-electron chi connectivity index (χ2n) is 10.3. The first-order valence-corrected chi connectivity index (χ1v) is 13.9. The first-order chi connectivity index (χ1) is 15.9. The highest BCUT2D eigenvalue weighted by atomic mass is 32.2. The van der Waals surface area contributed by atoms with E-state index in [0.29, 0.717) is 11.8 Å². The van der Waals surface area contributed by atoms with Gasteiger partial charge in [0.1, 0.15) is 0 Å². The molecule has 168 valence electrons. The van der Waals surface area contributed by atoms with Gasteiger partial charge >= 0.3 is 0 Å². The molecule has 1 fully saturated rings. The van der Waals surface area contributed by atoms with Crippen molar-refractivity contribution in [3.8, 4) is 0 Å². The fourth-order valence-corrected chi connectivity index (χ4v) is 9.60. The third kappa shape index (κ3) is 3.13. The molecule has 0 aromatic heterocycles. The molecule has 0 spiro atoms. The fourth-order valence-electron chi connectivity index (χ4n) is 6.24. The highest BCUT2D eigenvalue weighted by molar-refractivity contribution is 8.09. The molecule has 0 unspecified atom stereocenters. The van der Waals surface area contributed by atoms with Crippen molar-refractivity contribution >= 4 is 23.5 Å². The van der Waals surface area contributed by atoms with E-state index in [-0.39, 0.29) is 9.49 Å². The van der Waals surface area contributed by atoms with E-state index >= 15 is 0 Å². The Labute approximate surface area is 207 Å². The Balaban J connectivity index is 1.42. The molecule has 33 heavy (non-hydrogen) atoms. The summed E-state index contributed by atoms with van der Waals surface area (Å²) >= 11 is 4.30. The smallest absolute Gasteiger partial charge is 0.0615 e. The maximum Gasteiger partial charge on any atom is 0.0615 e. The fraction of sp³-hybridized carbons (Fsp3) is 0.355. The standard InChI is InChI=1S/C31H32S2/c1-20(22-12-7-5-8-13-22)28-18-26-24-16-11-17-25(24)27-19-29(21(2)23-14-9-6-10-15-23)33-31(27,4)30(26,3)32-28/h5-10,12-15,18-21H,11,16-17H2,1-4H3/t20-,21-,30-,31-/m1/s1. The summed E-state index contributed by atoms with van der Waals surface area (Å²) in [7, 11) is 0. The summed E-state index contributed by atoms with van der Waals surface area (Å²) in [5, 5.41) is 0. The van der Waals surface area contributed by atoms with Gasteiger partial charge < -0.3 is 0 Å². The minimum absolute atomic E-state index is 0.0726. The average Bonchev–Trinajstić information content (AvgIpc) is 3.55. The van der Waals surface area contributed by atoms with Crippen LogP contribution in [-0.4, -0.2) is 9.49 Å². The SMILES string of the molecule is C[C@@H](C1=CC2=C3CCCC3=C3C=C([C@H](C)c4ccccc4)S[C@@]3(C)[C@]2(C)S1)c1ccccc1. The summed E-state index contributed by atoms with van der Waals surface area (Å²) in [6.07, 6.45) is 8.96. The third-order valence-corrected chi connectivity index (χ3v) is 12.1. The second-order valence-corrected chi connectivity index (χ2v) is 13.3. The van der Waals surface area contributed by atoms with Crippen molar-refractivity contribution in [2.45, 2.75) is 68.3 Å². The van der Waals surface area contributed by atoms with Crippen LogP contribution in [0.3, 0.4) is 0 Å². The summed E-state index contributed by atoms with van der Waals surface area (Å²) < 4.78 is 0.145. The quantitative estimate of drug-likeness (QED) is 0.439. The summed E-state index contributed by atoms with van der Waals surface area (Å²) in [6, 6.07) is 22.1. The van der Waals surface area contributed by atoms with E-state index in [1.54, 1.807) is 22.3 Å². The van der Waals surface area contributed by atoms with Gasteiger partial charge in [0.05, 0.1) is 9.49 Å². The first kappa shape index (κ1) is 21.6. The van der Waals surface area contributed by atoms with Crippen LogP contribution in [0.2, 0.25) is 0 Å². The first-order valence-electron chi connectivity index (χ1n) is 12.3. The largest absolute Gasteiger partial charge is 0.117 e. The van der Waals surface area contributed by atoms with Crippen molar-refractivity contribution in [1.82, 2.24) is 0 Å². The molecule has 2 aromatic carbocycles.